The number of carbonyl (C=O) groups is 1. The molecule has 1 amide bonds. The van der Waals surface area contributed by atoms with E-state index in [4.69, 9.17) is 4.42 Å². The molecule has 0 aliphatic rings. The van der Waals surface area contributed by atoms with Crippen LogP contribution in [0.1, 0.15) is 11.5 Å². The Morgan fingerprint density at radius 3 is 2.48 bits per heavy atom. The van der Waals surface area contributed by atoms with E-state index in [0.29, 0.717) is 11.5 Å². The van der Waals surface area contributed by atoms with Gasteiger partial charge in [-0.3, -0.25) is 4.79 Å². The van der Waals surface area contributed by atoms with Crippen LogP contribution in [0.4, 0.5) is 11.4 Å². The molecule has 0 saturated heterocycles. The standard InChI is InChI=1S/C24H21N3O2/c1-27(17-18-7-3-2-4-8-18)20-13-11-19(12-14-20)25-23(28)15-16-24-26-21-9-5-6-10-22(21)29-24/h2-16H,17H2,1H3,(H,25,28)/b16-15+. The molecule has 3 aromatic carbocycles. The Labute approximate surface area is 169 Å². The van der Waals surface area contributed by atoms with Gasteiger partial charge in [0.2, 0.25) is 11.8 Å². The molecule has 1 aromatic heterocycles. The van der Waals surface area contributed by atoms with Crippen molar-refractivity contribution in [1.29, 1.82) is 0 Å². The molecule has 29 heavy (non-hydrogen) atoms. The summed E-state index contributed by atoms with van der Waals surface area (Å²) in [4.78, 5) is 18.7. The molecule has 0 unspecified atom stereocenters. The molecule has 0 aliphatic heterocycles. The monoisotopic (exact) mass is 383 g/mol. The van der Waals surface area contributed by atoms with E-state index in [2.05, 4.69) is 27.3 Å². The summed E-state index contributed by atoms with van der Waals surface area (Å²) in [5.41, 5.74) is 4.52. The lowest BCUT2D eigenvalue weighted by atomic mass is 10.2. The van der Waals surface area contributed by atoms with Crippen LogP contribution in [0.5, 0.6) is 0 Å². The third kappa shape index (κ3) is 4.71. The van der Waals surface area contributed by atoms with Crippen LogP contribution in [0.15, 0.2) is 89.4 Å². The van der Waals surface area contributed by atoms with Crippen molar-refractivity contribution in [3.63, 3.8) is 0 Å². The Kier molecular flexibility index (Phi) is 5.38. The van der Waals surface area contributed by atoms with Crippen molar-refractivity contribution in [2.45, 2.75) is 6.54 Å². The highest BCUT2D eigenvalue weighted by Crippen LogP contribution is 2.19. The van der Waals surface area contributed by atoms with Crippen molar-refractivity contribution in [2.24, 2.45) is 0 Å². The maximum absolute atomic E-state index is 12.2. The van der Waals surface area contributed by atoms with E-state index in [-0.39, 0.29) is 5.91 Å². The summed E-state index contributed by atoms with van der Waals surface area (Å²) < 4.78 is 5.58. The summed E-state index contributed by atoms with van der Waals surface area (Å²) in [5, 5.41) is 2.85. The highest BCUT2D eigenvalue weighted by Gasteiger charge is 2.05. The van der Waals surface area contributed by atoms with Crippen LogP contribution >= 0.6 is 0 Å². The number of amides is 1. The number of para-hydroxylation sites is 2. The third-order valence-corrected chi connectivity index (χ3v) is 4.53. The summed E-state index contributed by atoms with van der Waals surface area (Å²) in [6, 6.07) is 25.5. The SMILES string of the molecule is CN(Cc1ccccc1)c1ccc(NC(=O)/C=C/c2nc3ccccc3o2)cc1. The predicted octanol–water partition coefficient (Wildman–Crippen LogP) is 5.12. The van der Waals surface area contributed by atoms with Gasteiger partial charge in [-0.2, -0.15) is 0 Å². The average molecular weight is 383 g/mol. The fraction of sp³-hybridized carbons (Fsp3) is 0.0833. The zero-order valence-electron chi connectivity index (χ0n) is 16.1. The quantitative estimate of drug-likeness (QED) is 0.470. The summed E-state index contributed by atoms with van der Waals surface area (Å²) >= 11 is 0. The number of carbonyl (C=O) groups excluding carboxylic acids is 1. The molecule has 0 saturated carbocycles. The Morgan fingerprint density at radius 1 is 1.00 bits per heavy atom. The van der Waals surface area contributed by atoms with E-state index in [9.17, 15) is 4.79 Å². The number of benzene rings is 3. The van der Waals surface area contributed by atoms with E-state index in [1.807, 2.05) is 73.8 Å². The summed E-state index contributed by atoms with van der Waals surface area (Å²) in [7, 11) is 2.05. The van der Waals surface area contributed by atoms with Crippen molar-refractivity contribution in [3.05, 3.63) is 96.4 Å². The Morgan fingerprint density at radius 2 is 1.72 bits per heavy atom. The molecule has 1 heterocycles. The lowest BCUT2D eigenvalue weighted by molar-refractivity contribution is -0.111. The summed E-state index contributed by atoms with van der Waals surface area (Å²) in [5.74, 6) is 0.164. The second-order valence-corrected chi connectivity index (χ2v) is 6.73. The van der Waals surface area contributed by atoms with E-state index < -0.39 is 0 Å². The number of oxazole rings is 1. The molecule has 0 atom stereocenters. The van der Waals surface area contributed by atoms with Crippen molar-refractivity contribution in [2.75, 3.05) is 17.3 Å². The van der Waals surface area contributed by atoms with Crippen LogP contribution < -0.4 is 10.2 Å². The Balaban J connectivity index is 1.36. The fourth-order valence-electron chi connectivity index (χ4n) is 3.04. The van der Waals surface area contributed by atoms with Crippen molar-refractivity contribution in [1.82, 2.24) is 4.98 Å². The number of aromatic nitrogens is 1. The van der Waals surface area contributed by atoms with Gasteiger partial charge < -0.3 is 14.6 Å². The van der Waals surface area contributed by atoms with Crippen LogP contribution in [0.3, 0.4) is 0 Å². The number of anilines is 2. The molecule has 0 radical (unpaired) electrons. The van der Waals surface area contributed by atoms with E-state index in [1.165, 1.54) is 11.6 Å². The first-order chi connectivity index (χ1) is 14.2. The van der Waals surface area contributed by atoms with Crippen LogP contribution in [-0.4, -0.2) is 17.9 Å². The van der Waals surface area contributed by atoms with Gasteiger partial charge in [0.1, 0.15) is 5.52 Å². The zero-order valence-corrected chi connectivity index (χ0v) is 16.1. The van der Waals surface area contributed by atoms with Crippen LogP contribution in [-0.2, 0) is 11.3 Å². The first-order valence-electron chi connectivity index (χ1n) is 9.37. The molecule has 1 N–H and O–H groups in total. The van der Waals surface area contributed by atoms with Gasteiger partial charge in [-0.15, -0.1) is 0 Å². The number of hydrogen-bond acceptors (Lipinski definition) is 4. The highest BCUT2D eigenvalue weighted by atomic mass is 16.3. The first kappa shape index (κ1) is 18.5. The van der Waals surface area contributed by atoms with Crippen molar-refractivity contribution in [3.8, 4) is 0 Å². The summed E-state index contributed by atoms with van der Waals surface area (Å²) in [6.45, 7) is 0.819. The number of nitrogens with zero attached hydrogens (tertiary/aromatic N) is 2. The first-order valence-corrected chi connectivity index (χ1v) is 9.37. The summed E-state index contributed by atoms with van der Waals surface area (Å²) in [6.07, 6.45) is 2.98. The van der Waals surface area contributed by atoms with Gasteiger partial charge in [-0.1, -0.05) is 42.5 Å². The minimum absolute atomic E-state index is 0.238. The fourth-order valence-corrected chi connectivity index (χ4v) is 3.04. The maximum Gasteiger partial charge on any atom is 0.248 e. The number of nitrogens with one attached hydrogen (secondary N) is 1. The molecular weight excluding hydrogens is 362 g/mol. The average Bonchev–Trinajstić information content (AvgIpc) is 3.17. The lowest BCUT2D eigenvalue weighted by Gasteiger charge is -2.19. The Bertz CT molecular complexity index is 1100. The molecule has 0 fully saturated rings. The molecule has 144 valence electrons. The van der Waals surface area contributed by atoms with Gasteiger partial charge >= 0.3 is 0 Å². The van der Waals surface area contributed by atoms with Crippen molar-refractivity contribution >= 4 is 34.5 Å². The van der Waals surface area contributed by atoms with E-state index in [0.717, 1.165) is 23.4 Å². The minimum atomic E-state index is -0.238. The molecule has 4 rings (SSSR count). The molecule has 0 aliphatic carbocycles. The smallest absolute Gasteiger partial charge is 0.248 e. The second kappa shape index (κ2) is 8.44. The van der Waals surface area contributed by atoms with Gasteiger partial charge in [-0.25, -0.2) is 4.98 Å². The lowest BCUT2D eigenvalue weighted by Crippen LogP contribution is -2.16. The normalized spacial score (nSPS) is 11.1. The van der Waals surface area contributed by atoms with Gasteiger partial charge in [-0.05, 0) is 42.0 Å². The van der Waals surface area contributed by atoms with E-state index >= 15 is 0 Å². The number of fused-ring (bicyclic) bond motifs is 1. The molecule has 5 nitrogen and oxygen atoms in total. The van der Waals surface area contributed by atoms with E-state index in [1.54, 1.807) is 6.08 Å². The van der Waals surface area contributed by atoms with Gasteiger partial charge in [0.25, 0.3) is 0 Å². The van der Waals surface area contributed by atoms with Gasteiger partial charge in [0.05, 0.1) is 0 Å². The van der Waals surface area contributed by atoms with Gasteiger partial charge in [0.15, 0.2) is 5.58 Å². The minimum Gasteiger partial charge on any atom is -0.437 e. The Hall–Kier alpha value is -3.86. The predicted molar refractivity (Wildman–Crippen MR) is 117 cm³/mol. The molecule has 0 bridgehead atoms. The van der Waals surface area contributed by atoms with Crippen LogP contribution in [0, 0.1) is 0 Å². The number of rotatable bonds is 6. The largest absolute Gasteiger partial charge is 0.437 e. The van der Waals surface area contributed by atoms with Crippen LogP contribution in [0.25, 0.3) is 17.2 Å². The van der Waals surface area contributed by atoms with Crippen molar-refractivity contribution < 1.29 is 9.21 Å². The maximum atomic E-state index is 12.2. The highest BCUT2D eigenvalue weighted by molar-refractivity contribution is 6.01. The van der Waals surface area contributed by atoms with Gasteiger partial charge in [0, 0.05) is 37.1 Å². The number of hydrogen-bond donors (Lipinski definition) is 1. The third-order valence-electron chi connectivity index (χ3n) is 4.53. The van der Waals surface area contributed by atoms with Crippen LogP contribution in [0.2, 0.25) is 0 Å². The molecule has 0 spiro atoms. The zero-order chi connectivity index (χ0) is 20.1. The molecule has 5 heteroatoms. The molecular formula is C24H21N3O2. The molecule has 4 aromatic rings. The second-order valence-electron chi connectivity index (χ2n) is 6.73. The topological polar surface area (TPSA) is 58.4 Å².